The van der Waals surface area contributed by atoms with Gasteiger partial charge in [0.05, 0.1) is 7.11 Å². The molecular weight excluding hydrogens is 448 g/mol. The number of ether oxygens (including phenoxy) is 2. The van der Waals surface area contributed by atoms with E-state index in [0.29, 0.717) is 6.42 Å². The van der Waals surface area contributed by atoms with Crippen LogP contribution in [0.4, 0.5) is 10.6 Å². The molecule has 0 saturated carbocycles. The smallest absolute Gasteiger partial charge is 0.408 e. The molecule has 1 aliphatic rings. The number of alkyl carbamates (subject to hydrolysis) is 1. The van der Waals surface area contributed by atoms with Crippen LogP contribution in [0.5, 0.6) is 0 Å². The number of methoxy groups -OCH3 is 1. The highest BCUT2D eigenvalue weighted by atomic mass is 16.6. The van der Waals surface area contributed by atoms with Crippen molar-refractivity contribution in [2.24, 2.45) is 0 Å². The molecule has 2 heterocycles. The number of benzene rings is 1. The maximum atomic E-state index is 12.2. The molecule has 3 rings (SSSR count). The number of aryl methyl sites for hydroxylation is 2. The van der Waals surface area contributed by atoms with Gasteiger partial charge in [-0.15, -0.1) is 0 Å². The van der Waals surface area contributed by atoms with E-state index < -0.39 is 18.1 Å². The van der Waals surface area contributed by atoms with Crippen molar-refractivity contribution < 1.29 is 23.9 Å². The number of fused-ring (bicyclic) bond motifs is 1. The van der Waals surface area contributed by atoms with Gasteiger partial charge in [-0.25, -0.2) is 14.6 Å². The van der Waals surface area contributed by atoms with E-state index in [1.165, 1.54) is 12.7 Å². The van der Waals surface area contributed by atoms with Gasteiger partial charge in [0.1, 0.15) is 18.5 Å². The van der Waals surface area contributed by atoms with E-state index >= 15 is 0 Å². The summed E-state index contributed by atoms with van der Waals surface area (Å²) in [6.07, 6.45) is 4.49. The Morgan fingerprint density at radius 3 is 2.74 bits per heavy atom. The molecule has 0 fully saturated rings. The highest BCUT2D eigenvalue weighted by Crippen LogP contribution is 2.20. The maximum absolute atomic E-state index is 12.2. The molecule has 9 heteroatoms. The molecule has 0 unspecified atom stereocenters. The second kappa shape index (κ2) is 13.9. The summed E-state index contributed by atoms with van der Waals surface area (Å²) in [6.45, 7) is 1.29. The number of nitrogens with one attached hydrogen (secondary N) is 3. The Morgan fingerprint density at radius 2 is 1.94 bits per heavy atom. The first kappa shape index (κ1) is 26.0. The molecule has 9 nitrogen and oxygen atoms in total. The Hall–Kier alpha value is -3.62. The lowest BCUT2D eigenvalue weighted by Gasteiger charge is -2.17. The minimum Gasteiger partial charge on any atom is -0.467 e. The number of anilines is 1. The zero-order chi connectivity index (χ0) is 24.9. The SMILES string of the molecule is COC(=O)[C@H](CCNC(=O)CCCCc1ccc2c(n1)NCCC2)NC(=O)OCc1ccccc1. The van der Waals surface area contributed by atoms with Gasteiger partial charge < -0.3 is 25.4 Å². The van der Waals surface area contributed by atoms with Crippen molar-refractivity contribution in [2.75, 3.05) is 25.5 Å². The predicted octanol–water partition coefficient (Wildman–Crippen LogP) is 3.13. The van der Waals surface area contributed by atoms with Crippen LogP contribution in [0.25, 0.3) is 0 Å². The summed E-state index contributed by atoms with van der Waals surface area (Å²) in [5.74, 6) is 0.299. The van der Waals surface area contributed by atoms with Crippen molar-refractivity contribution in [1.82, 2.24) is 15.6 Å². The van der Waals surface area contributed by atoms with Gasteiger partial charge in [0.25, 0.3) is 0 Å². The zero-order valence-electron chi connectivity index (χ0n) is 20.2. The summed E-state index contributed by atoms with van der Waals surface area (Å²) < 4.78 is 9.92. The Morgan fingerprint density at radius 1 is 1.11 bits per heavy atom. The third kappa shape index (κ3) is 8.92. The third-order valence-electron chi connectivity index (χ3n) is 5.78. The van der Waals surface area contributed by atoms with Crippen LogP contribution >= 0.6 is 0 Å². The van der Waals surface area contributed by atoms with E-state index in [1.54, 1.807) is 0 Å². The minimum atomic E-state index is -0.910. The minimum absolute atomic E-state index is 0.0921. The van der Waals surface area contributed by atoms with Gasteiger partial charge in [-0.3, -0.25) is 4.79 Å². The van der Waals surface area contributed by atoms with Crippen LogP contribution in [-0.4, -0.2) is 49.2 Å². The number of hydrogen-bond donors (Lipinski definition) is 3. The van der Waals surface area contributed by atoms with Crippen LogP contribution < -0.4 is 16.0 Å². The van der Waals surface area contributed by atoms with E-state index in [2.05, 4.69) is 33.1 Å². The van der Waals surface area contributed by atoms with E-state index in [-0.39, 0.29) is 25.5 Å². The highest BCUT2D eigenvalue weighted by Gasteiger charge is 2.22. The first-order valence-electron chi connectivity index (χ1n) is 12.1. The molecule has 1 aromatic carbocycles. The average molecular weight is 483 g/mol. The normalized spacial score (nSPS) is 13.1. The second-order valence-electron chi connectivity index (χ2n) is 8.47. The molecule has 188 valence electrons. The predicted molar refractivity (Wildman–Crippen MR) is 132 cm³/mol. The molecule has 3 N–H and O–H groups in total. The zero-order valence-corrected chi connectivity index (χ0v) is 20.2. The molecule has 0 bridgehead atoms. The van der Waals surface area contributed by atoms with Crippen molar-refractivity contribution in [3.05, 3.63) is 59.3 Å². The van der Waals surface area contributed by atoms with Gasteiger partial charge in [-0.05, 0) is 55.7 Å². The van der Waals surface area contributed by atoms with Gasteiger partial charge in [-0.1, -0.05) is 36.4 Å². The summed E-state index contributed by atoms with van der Waals surface area (Å²) in [5.41, 5.74) is 3.14. The van der Waals surface area contributed by atoms with Crippen LogP contribution in [0.1, 0.15) is 48.9 Å². The van der Waals surface area contributed by atoms with Gasteiger partial charge in [0.15, 0.2) is 0 Å². The molecule has 1 atom stereocenters. The van der Waals surface area contributed by atoms with Crippen molar-refractivity contribution in [2.45, 2.75) is 57.6 Å². The first-order valence-corrected chi connectivity index (χ1v) is 12.1. The third-order valence-corrected chi connectivity index (χ3v) is 5.78. The number of unbranched alkanes of at least 4 members (excludes halogenated alkanes) is 1. The van der Waals surface area contributed by atoms with Crippen LogP contribution in [0.15, 0.2) is 42.5 Å². The van der Waals surface area contributed by atoms with E-state index in [0.717, 1.165) is 55.7 Å². The topological polar surface area (TPSA) is 119 Å². The standard InChI is InChI=1S/C26H34N4O5/c1-34-25(32)22(30-26(33)35-18-19-8-3-2-4-9-19)15-17-27-23(31)12-6-5-11-21-14-13-20-10-7-16-28-24(20)29-21/h2-4,8-9,13-14,22H,5-7,10-12,15-18H2,1H3,(H,27,31)(H,28,29)(H,30,33)/t22-/m0/s1. The lowest BCUT2D eigenvalue weighted by Crippen LogP contribution is -2.43. The molecule has 35 heavy (non-hydrogen) atoms. The second-order valence-corrected chi connectivity index (χ2v) is 8.47. The van der Waals surface area contributed by atoms with Gasteiger partial charge in [-0.2, -0.15) is 0 Å². The van der Waals surface area contributed by atoms with Crippen LogP contribution in [0.2, 0.25) is 0 Å². The number of rotatable bonds is 12. The van der Waals surface area contributed by atoms with E-state index in [4.69, 9.17) is 9.47 Å². The number of hydrogen-bond acceptors (Lipinski definition) is 7. The molecule has 0 spiro atoms. The lowest BCUT2D eigenvalue weighted by atomic mass is 10.1. The molecule has 0 aliphatic carbocycles. The quantitative estimate of drug-likeness (QED) is 0.314. The summed E-state index contributed by atoms with van der Waals surface area (Å²) in [4.78, 5) is 41.0. The molecule has 1 aromatic heterocycles. The first-order chi connectivity index (χ1) is 17.0. The van der Waals surface area contributed by atoms with Crippen LogP contribution in [0, 0.1) is 0 Å². The molecule has 0 saturated heterocycles. The van der Waals surface area contributed by atoms with Gasteiger partial charge >= 0.3 is 12.1 Å². The largest absolute Gasteiger partial charge is 0.467 e. The fourth-order valence-electron chi connectivity index (χ4n) is 3.84. The number of pyridine rings is 1. The molecule has 2 amide bonds. The number of carbonyl (C=O) groups excluding carboxylic acids is 3. The lowest BCUT2D eigenvalue weighted by molar-refractivity contribution is -0.143. The Labute approximate surface area is 206 Å². The fraction of sp³-hybridized carbons (Fsp3) is 0.462. The Bertz CT molecular complexity index is 983. The fourth-order valence-corrected chi connectivity index (χ4v) is 3.84. The molecular formula is C26H34N4O5. The maximum Gasteiger partial charge on any atom is 0.408 e. The number of esters is 1. The van der Waals surface area contributed by atoms with Gasteiger partial charge in [0, 0.05) is 25.2 Å². The monoisotopic (exact) mass is 482 g/mol. The van der Waals surface area contributed by atoms with Crippen LogP contribution in [0.3, 0.4) is 0 Å². The molecule has 0 radical (unpaired) electrons. The van der Waals surface area contributed by atoms with Gasteiger partial charge in [0.2, 0.25) is 5.91 Å². The average Bonchev–Trinajstić information content (AvgIpc) is 2.89. The van der Waals surface area contributed by atoms with Crippen molar-refractivity contribution >= 4 is 23.8 Å². The van der Waals surface area contributed by atoms with E-state index in [9.17, 15) is 14.4 Å². The summed E-state index contributed by atoms with van der Waals surface area (Å²) in [6, 6.07) is 12.5. The number of amides is 2. The summed E-state index contributed by atoms with van der Waals surface area (Å²) >= 11 is 0. The number of carbonyl (C=O) groups is 3. The van der Waals surface area contributed by atoms with Crippen molar-refractivity contribution in [1.29, 1.82) is 0 Å². The van der Waals surface area contributed by atoms with Crippen molar-refractivity contribution in [3.8, 4) is 0 Å². The summed E-state index contributed by atoms with van der Waals surface area (Å²) in [5, 5.41) is 8.64. The Kier molecular flexibility index (Phi) is 10.3. The summed E-state index contributed by atoms with van der Waals surface area (Å²) in [7, 11) is 1.25. The van der Waals surface area contributed by atoms with E-state index in [1.807, 2.05) is 30.3 Å². The highest BCUT2D eigenvalue weighted by molar-refractivity contribution is 5.81. The Balaban J connectivity index is 1.32. The molecule has 2 aromatic rings. The molecule has 1 aliphatic heterocycles. The number of aromatic nitrogens is 1. The van der Waals surface area contributed by atoms with Crippen LogP contribution in [-0.2, 0) is 38.5 Å². The number of nitrogens with zero attached hydrogens (tertiary/aromatic N) is 1. The van der Waals surface area contributed by atoms with Crippen molar-refractivity contribution in [3.63, 3.8) is 0 Å².